The fourth-order valence-corrected chi connectivity index (χ4v) is 4.71. The highest BCUT2D eigenvalue weighted by Gasteiger charge is 2.29. The maximum Gasteiger partial charge on any atom is 0.150 e. The molecule has 0 amide bonds. The smallest absolute Gasteiger partial charge is 0.150 e. The Morgan fingerprint density at radius 2 is 2.05 bits per heavy atom. The van der Waals surface area contributed by atoms with Crippen molar-refractivity contribution < 1.29 is 8.42 Å². The van der Waals surface area contributed by atoms with Crippen molar-refractivity contribution in [3.05, 3.63) is 17.5 Å². The summed E-state index contributed by atoms with van der Waals surface area (Å²) in [6.07, 6.45) is 6.86. The second kappa shape index (κ2) is 4.90. The van der Waals surface area contributed by atoms with Crippen molar-refractivity contribution in [3.63, 3.8) is 0 Å². The summed E-state index contributed by atoms with van der Waals surface area (Å²) < 4.78 is 24.9. The molecule has 1 aromatic heterocycles. The summed E-state index contributed by atoms with van der Waals surface area (Å²) in [5.41, 5.74) is 2.63. The monoisotopic (exact) mass is 283 g/mol. The molecule has 1 aliphatic carbocycles. The highest BCUT2D eigenvalue weighted by Crippen LogP contribution is 2.30. The minimum Gasteiger partial charge on any atom is -0.307 e. The van der Waals surface area contributed by atoms with E-state index in [0.717, 1.165) is 25.7 Å². The molecule has 2 aliphatic rings. The Balaban J connectivity index is 1.68. The molecule has 3 rings (SSSR count). The number of nitrogens with one attached hydrogen (secondary N) is 1. The molecule has 0 radical (unpaired) electrons. The van der Waals surface area contributed by atoms with Gasteiger partial charge in [-0.25, -0.2) is 8.42 Å². The molecule has 1 N–H and O–H groups in total. The average molecular weight is 283 g/mol. The standard InChI is InChI=1S/C13H21N3O2S/c1-16-13-4-2-3-12(11(13)9-14-16)15-10-5-7-19(17,18)8-6-10/h9-10,12,15H,2-8H2,1H3. The van der Waals surface area contributed by atoms with Crippen LogP contribution >= 0.6 is 0 Å². The number of aromatic nitrogens is 2. The number of hydrogen-bond acceptors (Lipinski definition) is 4. The number of rotatable bonds is 2. The molecule has 0 spiro atoms. The van der Waals surface area contributed by atoms with Gasteiger partial charge in [-0.05, 0) is 32.1 Å². The molecule has 106 valence electrons. The van der Waals surface area contributed by atoms with E-state index >= 15 is 0 Å². The summed E-state index contributed by atoms with van der Waals surface area (Å²) in [6.45, 7) is 0. The summed E-state index contributed by atoms with van der Waals surface area (Å²) >= 11 is 0. The van der Waals surface area contributed by atoms with E-state index < -0.39 is 9.84 Å². The number of hydrogen-bond donors (Lipinski definition) is 1. The third-order valence-electron chi connectivity index (χ3n) is 4.37. The molecule has 1 aliphatic heterocycles. The Morgan fingerprint density at radius 3 is 2.79 bits per heavy atom. The molecule has 1 aromatic rings. The molecule has 5 nitrogen and oxygen atoms in total. The van der Waals surface area contributed by atoms with Crippen LogP contribution in [0, 0.1) is 0 Å². The molecule has 0 aromatic carbocycles. The van der Waals surface area contributed by atoms with Gasteiger partial charge in [0.05, 0.1) is 17.7 Å². The van der Waals surface area contributed by atoms with Crippen LogP contribution in [0.4, 0.5) is 0 Å². The van der Waals surface area contributed by atoms with Gasteiger partial charge in [-0.1, -0.05) is 0 Å². The Morgan fingerprint density at radius 1 is 1.32 bits per heavy atom. The number of sulfone groups is 1. The van der Waals surface area contributed by atoms with Gasteiger partial charge < -0.3 is 5.32 Å². The summed E-state index contributed by atoms with van der Waals surface area (Å²) in [5, 5.41) is 7.99. The molecule has 1 atom stereocenters. The minimum atomic E-state index is -2.77. The molecule has 19 heavy (non-hydrogen) atoms. The van der Waals surface area contributed by atoms with Crippen LogP contribution in [0.25, 0.3) is 0 Å². The first-order valence-corrected chi connectivity index (χ1v) is 8.84. The van der Waals surface area contributed by atoms with Crippen molar-refractivity contribution in [1.29, 1.82) is 0 Å². The number of fused-ring (bicyclic) bond motifs is 1. The van der Waals surface area contributed by atoms with Crippen molar-refractivity contribution in [2.24, 2.45) is 7.05 Å². The van der Waals surface area contributed by atoms with Crippen LogP contribution in [0.15, 0.2) is 6.20 Å². The summed E-state index contributed by atoms with van der Waals surface area (Å²) in [7, 11) is -0.775. The molecular weight excluding hydrogens is 262 g/mol. The van der Waals surface area contributed by atoms with E-state index in [1.807, 2.05) is 17.9 Å². The lowest BCUT2D eigenvalue weighted by Gasteiger charge is -2.30. The van der Waals surface area contributed by atoms with Gasteiger partial charge in [-0.2, -0.15) is 5.10 Å². The van der Waals surface area contributed by atoms with Crippen molar-refractivity contribution >= 4 is 9.84 Å². The first-order chi connectivity index (χ1) is 9.05. The Labute approximate surface area is 114 Å². The lowest BCUT2D eigenvalue weighted by molar-refractivity contribution is 0.371. The van der Waals surface area contributed by atoms with Gasteiger partial charge in [0.15, 0.2) is 0 Å². The van der Waals surface area contributed by atoms with Gasteiger partial charge in [-0.15, -0.1) is 0 Å². The van der Waals surface area contributed by atoms with Crippen LogP contribution < -0.4 is 5.32 Å². The predicted octanol–water partition coefficient (Wildman–Crippen LogP) is 0.964. The van der Waals surface area contributed by atoms with Crippen molar-refractivity contribution in [1.82, 2.24) is 15.1 Å². The topological polar surface area (TPSA) is 64.0 Å². The van der Waals surface area contributed by atoms with Crippen molar-refractivity contribution in [2.45, 2.75) is 44.2 Å². The summed E-state index contributed by atoms with van der Waals surface area (Å²) in [5.74, 6) is 0.661. The van der Waals surface area contributed by atoms with Crippen LogP contribution in [0.1, 0.15) is 43.0 Å². The maximum absolute atomic E-state index is 11.4. The quantitative estimate of drug-likeness (QED) is 0.878. The highest BCUT2D eigenvalue weighted by atomic mass is 32.2. The normalized spacial score (nSPS) is 27.1. The lowest BCUT2D eigenvalue weighted by Crippen LogP contribution is -2.40. The van der Waals surface area contributed by atoms with Crippen molar-refractivity contribution in [2.75, 3.05) is 11.5 Å². The fourth-order valence-electron chi connectivity index (χ4n) is 3.22. The van der Waals surface area contributed by atoms with Gasteiger partial charge >= 0.3 is 0 Å². The van der Waals surface area contributed by atoms with Crippen LogP contribution in [0.3, 0.4) is 0 Å². The average Bonchev–Trinajstić information content (AvgIpc) is 2.75. The van der Waals surface area contributed by atoms with E-state index in [0.29, 0.717) is 23.6 Å². The molecule has 1 fully saturated rings. The van der Waals surface area contributed by atoms with Crippen molar-refractivity contribution in [3.8, 4) is 0 Å². The lowest BCUT2D eigenvalue weighted by atomic mass is 9.92. The van der Waals surface area contributed by atoms with Gasteiger partial charge in [0, 0.05) is 30.4 Å². The van der Waals surface area contributed by atoms with Crippen LogP contribution in [0.5, 0.6) is 0 Å². The second-order valence-electron chi connectivity index (χ2n) is 5.71. The molecule has 6 heteroatoms. The van der Waals surface area contributed by atoms with Gasteiger partial charge in [0.1, 0.15) is 9.84 Å². The SMILES string of the molecule is Cn1ncc2c1CCCC2NC1CCS(=O)(=O)CC1. The van der Waals surface area contributed by atoms with Gasteiger partial charge in [0.25, 0.3) is 0 Å². The van der Waals surface area contributed by atoms with Crippen LogP contribution in [-0.4, -0.2) is 35.7 Å². The Hall–Kier alpha value is -0.880. The van der Waals surface area contributed by atoms with E-state index in [1.54, 1.807) is 0 Å². The van der Waals surface area contributed by atoms with Crippen LogP contribution in [0.2, 0.25) is 0 Å². The molecular formula is C13H21N3O2S. The zero-order chi connectivity index (χ0) is 13.5. The molecule has 0 bridgehead atoms. The van der Waals surface area contributed by atoms with E-state index in [1.165, 1.54) is 17.7 Å². The fraction of sp³-hybridized carbons (Fsp3) is 0.769. The first kappa shape index (κ1) is 13.1. The third kappa shape index (κ3) is 2.69. The summed E-state index contributed by atoms with van der Waals surface area (Å²) in [6, 6.07) is 0.683. The third-order valence-corrected chi connectivity index (χ3v) is 6.08. The van der Waals surface area contributed by atoms with E-state index in [2.05, 4.69) is 10.4 Å². The van der Waals surface area contributed by atoms with Crippen LogP contribution in [-0.2, 0) is 23.3 Å². The van der Waals surface area contributed by atoms with E-state index in [9.17, 15) is 8.42 Å². The molecule has 1 unspecified atom stereocenters. The van der Waals surface area contributed by atoms with Gasteiger partial charge in [0.2, 0.25) is 0 Å². The predicted molar refractivity (Wildman–Crippen MR) is 73.7 cm³/mol. The van der Waals surface area contributed by atoms with E-state index in [-0.39, 0.29) is 0 Å². The molecule has 2 heterocycles. The molecule has 1 saturated heterocycles. The highest BCUT2D eigenvalue weighted by molar-refractivity contribution is 7.91. The first-order valence-electron chi connectivity index (χ1n) is 7.02. The number of nitrogens with zero attached hydrogens (tertiary/aromatic N) is 2. The second-order valence-corrected chi connectivity index (χ2v) is 8.01. The Kier molecular flexibility index (Phi) is 3.39. The molecule has 0 saturated carbocycles. The zero-order valence-electron chi connectivity index (χ0n) is 11.3. The maximum atomic E-state index is 11.4. The zero-order valence-corrected chi connectivity index (χ0v) is 12.1. The van der Waals surface area contributed by atoms with E-state index in [4.69, 9.17) is 0 Å². The number of aryl methyl sites for hydroxylation is 1. The minimum absolute atomic E-state index is 0.331. The Bertz CT molecular complexity index is 550. The summed E-state index contributed by atoms with van der Waals surface area (Å²) in [4.78, 5) is 0. The van der Waals surface area contributed by atoms with Gasteiger partial charge in [-0.3, -0.25) is 4.68 Å². The largest absolute Gasteiger partial charge is 0.307 e.